The lowest BCUT2D eigenvalue weighted by Gasteiger charge is -2.45. The van der Waals surface area contributed by atoms with Gasteiger partial charge in [-0.05, 0) is 22.8 Å². The van der Waals surface area contributed by atoms with Gasteiger partial charge in [0.2, 0.25) is 0 Å². The molecule has 0 radical (unpaired) electrons. The molecule has 4 aromatic rings. The molecule has 4 nitrogen and oxygen atoms in total. The first-order valence-electron chi connectivity index (χ1n) is 10.2. The van der Waals surface area contributed by atoms with Gasteiger partial charge in [0, 0.05) is 22.5 Å². The molecule has 0 aliphatic carbocycles. The number of hydrogen-bond acceptors (Lipinski definition) is 3. The Hall–Kier alpha value is -3.37. The Morgan fingerprint density at radius 3 is 2.03 bits per heavy atom. The molecule has 1 aliphatic heterocycles. The average Bonchev–Trinajstić information content (AvgIpc) is 3.21. The van der Waals surface area contributed by atoms with E-state index in [2.05, 4.69) is 53.6 Å². The number of para-hydroxylation sites is 1. The van der Waals surface area contributed by atoms with Crippen LogP contribution in [0.2, 0.25) is 0 Å². The summed E-state index contributed by atoms with van der Waals surface area (Å²) >= 11 is 0. The normalized spacial score (nSPS) is 19.9. The third kappa shape index (κ3) is 2.61. The maximum atomic E-state index is 12.9. The topological polar surface area (TPSA) is 54.1 Å². The SMILES string of the molecule is COC(=O)[C@H]1NC(c2ccccc2)(c2ccccc2)c2[nH]c3ccccc3c2[C@H]1C. The van der Waals surface area contributed by atoms with Crippen LogP contribution in [-0.2, 0) is 15.1 Å². The van der Waals surface area contributed by atoms with Crippen LogP contribution in [0.25, 0.3) is 10.9 Å². The standard InChI is InChI=1S/C26H24N2O2/c1-17-22-20-15-9-10-16-21(20)27-24(22)26(18-11-5-3-6-12-18,19-13-7-4-8-14-19)28-23(17)25(29)30-2/h3-17,23,27-28H,1-2H3/t17-,23+/m1/s1. The highest BCUT2D eigenvalue weighted by Crippen LogP contribution is 2.47. The van der Waals surface area contributed by atoms with E-state index in [-0.39, 0.29) is 11.9 Å². The number of fused-ring (bicyclic) bond motifs is 3. The minimum absolute atomic E-state index is 0.0517. The van der Waals surface area contributed by atoms with Crippen molar-refractivity contribution in [2.75, 3.05) is 7.11 Å². The second kappa shape index (κ2) is 7.15. The van der Waals surface area contributed by atoms with E-state index in [0.29, 0.717) is 0 Å². The molecule has 2 atom stereocenters. The Kier molecular flexibility index (Phi) is 4.44. The maximum Gasteiger partial charge on any atom is 0.323 e. The van der Waals surface area contributed by atoms with Crippen molar-refractivity contribution >= 4 is 16.9 Å². The number of benzene rings is 3. The maximum absolute atomic E-state index is 12.9. The fourth-order valence-corrected chi connectivity index (χ4v) is 4.92. The van der Waals surface area contributed by atoms with Crippen molar-refractivity contribution in [3.05, 3.63) is 107 Å². The second-order valence-corrected chi connectivity index (χ2v) is 7.88. The van der Waals surface area contributed by atoms with Gasteiger partial charge in [0.1, 0.15) is 11.6 Å². The third-order valence-corrected chi connectivity index (χ3v) is 6.32. The van der Waals surface area contributed by atoms with E-state index in [4.69, 9.17) is 4.74 Å². The fraction of sp³-hybridized carbons (Fsp3) is 0.192. The highest BCUT2D eigenvalue weighted by Gasteiger charge is 2.49. The van der Waals surface area contributed by atoms with Crippen molar-refractivity contribution in [2.45, 2.75) is 24.4 Å². The van der Waals surface area contributed by atoms with Crippen LogP contribution in [0.3, 0.4) is 0 Å². The van der Waals surface area contributed by atoms with E-state index in [0.717, 1.165) is 33.3 Å². The largest absolute Gasteiger partial charge is 0.468 e. The van der Waals surface area contributed by atoms with Gasteiger partial charge in [-0.2, -0.15) is 0 Å². The molecular weight excluding hydrogens is 372 g/mol. The number of carbonyl (C=O) groups excluding carboxylic acids is 1. The lowest BCUT2D eigenvalue weighted by Crippen LogP contribution is -2.58. The summed E-state index contributed by atoms with van der Waals surface area (Å²) in [6.07, 6.45) is 0. The zero-order chi connectivity index (χ0) is 20.7. The number of ether oxygens (including phenoxy) is 1. The Balaban J connectivity index is 1.91. The summed E-state index contributed by atoms with van der Waals surface area (Å²) in [6.45, 7) is 2.09. The van der Waals surface area contributed by atoms with Crippen LogP contribution < -0.4 is 5.32 Å². The monoisotopic (exact) mass is 396 g/mol. The quantitative estimate of drug-likeness (QED) is 0.493. The van der Waals surface area contributed by atoms with E-state index < -0.39 is 11.6 Å². The summed E-state index contributed by atoms with van der Waals surface area (Å²) in [5.74, 6) is -0.307. The number of hydrogen-bond donors (Lipinski definition) is 2. The van der Waals surface area contributed by atoms with Crippen LogP contribution in [0.15, 0.2) is 84.9 Å². The van der Waals surface area contributed by atoms with Crippen LogP contribution in [0.5, 0.6) is 0 Å². The Labute approximate surface area is 175 Å². The van der Waals surface area contributed by atoms with Crippen molar-refractivity contribution in [1.29, 1.82) is 0 Å². The first-order chi connectivity index (χ1) is 14.7. The number of methoxy groups -OCH3 is 1. The van der Waals surface area contributed by atoms with Gasteiger partial charge in [-0.1, -0.05) is 85.8 Å². The average molecular weight is 396 g/mol. The van der Waals surface area contributed by atoms with E-state index in [1.165, 1.54) is 7.11 Å². The van der Waals surface area contributed by atoms with Crippen LogP contribution >= 0.6 is 0 Å². The van der Waals surface area contributed by atoms with Gasteiger partial charge in [-0.3, -0.25) is 10.1 Å². The van der Waals surface area contributed by atoms with E-state index in [9.17, 15) is 4.79 Å². The zero-order valence-corrected chi connectivity index (χ0v) is 17.1. The Morgan fingerprint density at radius 2 is 1.43 bits per heavy atom. The molecule has 1 aliphatic rings. The van der Waals surface area contributed by atoms with E-state index in [1.54, 1.807) is 0 Å². The molecule has 0 amide bonds. The number of rotatable bonds is 3. The summed E-state index contributed by atoms with van der Waals surface area (Å²) in [5.41, 5.74) is 4.75. The first kappa shape index (κ1) is 18.6. The molecule has 5 rings (SSSR count). The molecule has 0 bridgehead atoms. The van der Waals surface area contributed by atoms with E-state index >= 15 is 0 Å². The molecule has 30 heavy (non-hydrogen) atoms. The Bertz CT molecular complexity index is 1160. The number of nitrogens with one attached hydrogen (secondary N) is 2. The number of aromatic amines is 1. The lowest BCUT2D eigenvalue weighted by molar-refractivity contribution is -0.144. The van der Waals surface area contributed by atoms with Gasteiger partial charge < -0.3 is 9.72 Å². The lowest BCUT2D eigenvalue weighted by atomic mass is 9.71. The molecule has 0 saturated heterocycles. The highest BCUT2D eigenvalue weighted by molar-refractivity contribution is 5.89. The summed E-state index contributed by atoms with van der Waals surface area (Å²) in [6, 6.07) is 28.4. The van der Waals surface area contributed by atoms with Crippen LogP contribution in [0.1, 0.15) is 35.2 Å². The van der Waals surface area contributed by atoms with E-state index in [1.807, 2.05) is 48.5 Å². The number of esters is 1. The summed E-state index contributed by atoms with van der Waals surface area (Å²) in [7, 11) is 1.45. The Morgan fingerprint density at radius 1 is 0.867 bits per heavy atom. The summed E-state index contributed by atoms with van der Waals surface area (Å²) in [5, 5.41) is 4.86. The van der Waals surface area contributed by atoms with Crippen LogP contribution in [0, 0.1) is 0 Å². The summed E-state index contributed by atoms with van der Waals surface area (Å²) in [4.78, 5) is 16.6. The first-order valence-corrected chi connectivity index (χ1v) is 10.2. The molecule has 2 N–H and O–H groups in total. The molecule has 1 aromatic heterocycles. The molecule has 2 heterocycles. The number of H-pyrrole nitrogens is 1. The molecule has 0 spiro atoms. The highest BCUT2D eigenvalue weighted by atomic mass is 16.5. The predicted octanol–water partition coefficient (Wildman–Crippen LogP) is 4.71. The van der Waals surface area contributed by atoms with Crippen molar-refractivity contribution in [3.8, 4) is 0 Å². The second-order valence-electron chi connectivity index (χ2n) is 7.88. The van der Waals surface area contributed by atoms with Crippen LogP contribution in [-0.4, -0.2) is 24.1 Å². The molecule has 4 heteroatoms. The van der Waals surface area contributed by atoms with Crippen molar-refractivity contribution < 1.29 is 9.53 Å². The molecule has 0 saturated carbocycles. The molecule has 0 unspecified atom stereocenters. The third-order valence-electron chi connectivity index (χ3n) is 6.32. The summed E-state index contributed by atoms with van der Waals surface area (Å²) < 4.78 is 5.22. The minimum Gasteiger partial charge on any atom is -0.468 e. The molecule has 0 fully saturated rings. The fourth-order valence-electron chi connectivity index (χ4n) is 4.92. The number of carbonyl (C=O) groups is 1. The molecule has 150 valence electrons. The zero-order valence-electron chi connectivity index (χ0n) is 17.1. The van der Waals surface area contributed by atoms with Crippen molar-refractivity contribution in [3.63, 3.8) is 0 Å². The van der Waals surface area contributed by atoms with Gasteiger partial charge in [0.05, 0.1) is 7.11 Å². The molecule has 3 aromatic carbocycles. The predicted molar refractivity (Wildman–Crippen MR) is 118 cm³/mol. The van der Waals surface area contributed by atoms with Gasteiger partial charge in [0.25, 0.3) is 0 Å². The molecular formula is C26H24N2O2. The van der Waals surface area contributed by atoms with Gasteiger partial charge in [-0.15, -0.1) is 0 Å². The van der Waals surface area contributed by atoms with Gasteiger partial charge in [0.15, 0.2) is 0 Å². The smallest absolute Gasteiger partial charge is 0.323 e. The minimum atomic E-state index is -0.706. The van der Waals surface area contributed by atoms with Crippen molar-refractivity contribution in [2.24, 2.45) is 0 Å². The van der Waals surface area contributed by atoms with Gasteiger partial charge in [-0.25, -0.2) is 0 Å². The van der Waals surface area contributed by atoms with Crippen molar-refractivity contribution in [1.82, 2.24) is 10.3 Å². The van der Waals surface area contributed by atoms with Crippen LogP contribution in [0.4, 0.5) is 0 Å². The van der Waals surface area contributed by atoms with Gasteiger partial charge >= 0.3 is 5.97 Å². The number of aromatic nitrogens is 1.